The number of carbonyl (C=O) groups is 1. The second-order valence-electron chi connectivity index (χ2n) is 4.38. The van der Waals surface area contributed by atoms with E-state index in [0.29, 0.717) is 31.0 Å². The average Bonchev–Trinajstić information content (AvgIpc) is 2.36. The number of rotatable bonds is 10. The predicted octanol–water partition coefficient (Wildman–Crippen LogP) is 2.58. The Morgan fingerprint density at radius 3 is 2.57 bits per heavy atom. The highest BCUT2D eigenvalue weighted by Crippen LogP contribution is 2.51. The summed E-state index contributed by atoms with van der Waals surface area (Å²) in [5.74, 6) is 0.285. The average molecular weight is 336 g/mol. The molecule has 122 valence electrons. The van der Waals surface area contributed by atoms with Gasteiger partial charge in [0.05, 0.1) is 19.0 Å². The van der Waals surface area contributed by atoms with E-state index in [1.165, 1.54) is 13.2 Å². The fourth-order valence-electron chi connectivity index (χ4n) is 1.49. The zero-order valence-electron chi connectivity index (χ0n) is 13.1. The third-order valence-corrected chi connectivity index (χ3v) is 5.39. The number of nitrogens with two attached hydrogens (primary N) is 1. The van der Waals surface area contributed by atoms with Crippen molar-refractivity contribution >= 4 is 30.0 Å². The van der Waals surface area contributed by atoms with Gasteiger partial charge in [-0.3, -0.25) is 0 Å². The predicted molar refractivity (Wildman–Crippen MR) is 89.0 cm³/mol. The minimum Gasteiger partial charge on any atom is -0.466 e. The summed E-state index contributed by atoms with van der Waals surface area (Å²) in [5.41, 5.74) is 5.63. The number of nitrogens with zero attached hydrogens (tertiary/aromatic N) is 1. The lowest BCUT2D eigenvalue weighted by atomic mass is 10.4. The molecule has 0 amide bonds. The molecule has 0 saturated heterocycles. The number of hydrogen-bond donors (Lipinski definition) is 1. The Balaban J connectivity index is 4.70. The molecule has 6 nitrogen and oxygen atoms in total. The first kappa shape index (κ1) is 20.1. The fourth-order valence-corrected chi connectivity index (χ4v) is 4.46. The molecule has 1 atom stereocenters. The zero-order chi connectivity index (χ0) is 16.3. The highest BCUT2D eigenvalue weighted by Gasteiger charge is 2.18. The van der Waals surface area contributed by atoms with Gasteiger partial charge in [0.2, 0.25) is 6.42 Å². The van der Waals surface area contributed by atoms with Gasteiger partial charge in [-0.1, -0.05) is 0 Å². The maximum atomic E-state index is 11.2. The molecule has 1 unspecified atom stereocenters. The van der Waals surface area contributed by atoms with Crippen LogP contribution in [0.25, 0.3) is 0 Å². The van der Waals surface area contributed by atoms with Crippen LogP contribution >= 0.6 is 6.42 Å². The first-order valence-electron chi connectivity index (χ1n) is 6.78. The quantitative estimate of drug-likeness (QED) is 0.126. The van der Waals surface area contributed by atoms with Crippen molar-refractivity contribution in [3.05, 3.63) is 11.8 Å². The van der Waals surface area contributed by atoms with Gasteiger partial charge in [-0.25, -0.2) is 9.56 Å². The summed E-state index contributed by atoms with van der Waals surface area (Å²) in [6, 6.07) is 0. The maximum absolute atomic E-state index is 11.2. The molecule has 0 aliphatic rings. The Morgan fingerprint density at radius 2 is 2.05 bits per heavy atom. The largest absolute Gasteiger partial charge is 0.466 e. The van der Waals surface area contributed by atoms with Crippen molar-refractivity contribution in [2.24, 2.45) is 10.5 Å². The molecule has 21 heavy (non-hydrogen) atoms. The van der Waals surface area contributed by atoms with Crippen LogP contribution in [-0.4, -0.2) is 38.3 Å². The normalized spacial score (nSPS) is 15.4. The minimum absolute atomic E-state index is 0.383. The molecule has 0 spiro atoms. The summed E-state index contributed by atoms with van der Waals surface area (Å²) in [4.78, 5) is 11.2. The van der Waals surface area contributed by atoms with Crippen LogP contribution in [0.5, 0.6) is 0 Å². The lowest BCUT2D eigenvalue weighted by Gasteiger charge is -2.19. The van der Waals surface area contributed by atoms with Crippen molar-refractivity contribution in [1.29, 1.82) is 0 Å². The van der Waals surface area contributed by atoms with Crippen LogP contribution in [0.2, 0.25) is 0 Å². The summed E-state index contributed by atoms with van der Waals surface area (Å²) in [5, 5.41) is 0. The number of methoxy groups -OCH3 is 1. The third-order valence-electron chi connectivity index (χ3n) is 2.30. The fraction of sp³-hybridized carbons (Fsp3) is 0.692. The molecule has 0 aliphatic carbocycles. The van der Waals surface area contributed by atoms with E-state index in [-0.39, 0.29) is 0 Å². The molecule has 0 aliphatic heterocycles. The van der Waals surface area contributed by atoms with E-state index in [1.54, 1.807) is 13.8 Å². The summed E-state index contributed by atoms with van der Waals surface area (Å²) >= 11 is 5.51. The molecule has 2 N–H and O–H groups in total. The van der Waals surface area contributed by atoms with Crippen molar-refractivity contribution in [3.8, 4) is 0 Å². The Morgan fingerprint density at radius 1 is 1.38 bits per heavy atom. The van der Waals surface area contributed by atoms with Crippen LogP contribution in [-0.2, 0) is 30.6 Å². The van der Waals surface area contributed by atoms with Crippen LogP contribution < -0.4 is 5.73 Å². The molecule has 0 aromatic heterocycles. The molecule has 0 fully saturated rings. The van der Waals surface area contributed by atoms with Gasteiger partial charge in [0.15, 0.2) is 0 Å². The number of ether oxygens (including phenoxy) is 2. The molecule has 0 heterocycles. The highest BCUT2D eigenvalue weighted by atomic mass is 32.4. The van der Waals surface area contributed by atoms with Crippen molar-refractivity contribution in [1.82, 2.24) is 0 Å². The van der Waals surface area contributed by atoms with Crippen molar-refractivity contribution in [3.63, 3.8) is 0 Å². The Kier molecular flexibility index (Phi) is 10.3. The second kappa shape index (κ2) is 10.8. The summed E-state index contributed by atoms with van der Waals surface area (Å²) < 4.78 is 19.8. The van der Waals surface area contributed by atoms with Gasteiger partial charge in [-0.05, 0) is 45.4 Å². The SMILES string of the molecule is CCOCCCCP(=S)(N=C(C)N)OC(C)=CC(=O)OC. The first-order chi connectivity index (χ1) is 9.83. The molecule has 0 radical (unpaired) electrons. The first-order valence-corrected chi connectivity index (χ1v) is 9.63. The van der Waals surface area contributed by atoms with Crippen LogP contribution in [0.4, 0.5) is 0 Å². The number of allylic oxidation sites excluding steroid dienone is 1. The van der Waals surface area contributed by atoms with Crippen LogP contribution in [0.3, 0.4) is 0 Å². The molecule has 0 bridgehead atoms. The van der Waals surface area contributed by atoms with E-state index in [1.807, 2.05) is 6.92 Å². The Hall–Kier alpha value is -0.910. The summed E-state index contributed by atoms with van der Waals surface area (Å²) in [6.45, 7) is 6.67. The minimum atomic E-state index is -2.48. The van der Waals surface area contributed by atoms with Gasteiger partial charge < -0.3 is 19.7 Å². The summed E-state index contributed by atoms with van der Waals surface area (Å²) in [7, 11) is 1.30. The van der Waals surface area contributed by atoms with Gasteiger partial charge in [0, 0.05) is 19.4 Å². The van der Waals surface area contributed by atoms with Gasteiger partial charge in [0.25, 0.3) is 0 Å². The smallest absolute Gasteiger partial charge is 0.333 e. The van der Waals surface area contributed by atoms with E-state index in [2.05, 4.69) is 9.50 Å². The van der Waals surface area contributed by atoms with Crippen LogP contribution in [0.15, 0.2) is 16.6 Å². The van der Waals surface area contributed by atoms with Gasteiger partial charge in [-0.2, -0.15) is 0 Å². The Bertz CT molecular complexity index is 434. The third kappa shape index (κ3) is 10.5. The standard InChI is InChI=1S/C13H25N2O4PS/c1-5-18-8-6-7-9-20(21,15-12(3)14)19-11(2)10-13(16)17-4/h10H,5-9H2,1-4H3,(H2,14,15,21). The van der Waals surface area contributed by atoms with Gasteiger partial charge >= 0.3 is 5.97 Å². The summed E-state index contributed by atoms with van der Waals surface area (Å²) in [6.07, 6.45) is 1.09. The van der Waals surface area contributed by atoms with E-state index < -0.39 is 12.4 Å². The number of amidine groups is 1. The molecule has 0 rings (SSSR count). The lowest BCUT2D eigenvalue weighted by molar-refractivity contribution is -0.135. The van der Waals surface area contributed by atoms with Crippen molar-refractivity contribution in [2.45, 2.75) is 33.6 Å². The number of carbonyl (C=O) groups excluding carboxylic acids is 1. The second-order valence-corrected chi connectivity index (χ2v) is 8.19. The topological polar surface area (TPSA) is 83.1 Å². The maximum Gasteiger partial charge on any atom is 0.333 e. The molecule has 0 aromatic rings. The van der Waals surface area contributed by atoms with Crippen LogP contribution in [0, 0.1) is 0 Å². The molecular formula is C13H25N2O4PS. The van der Waals surface area contributed by atoms with E-state index >= 15 is 0 Å². The zero-order valence-corrected chi connectivity index (χ0v) is 14.8. The molecule has 0 aromatic carbocycles. The molecular weight excluding hydrogens is 311 g/mol. The van der Waals surface area contributed by atoms with Gasteiger partial charge in [-0.15, -0.1) is 0 Å². The van der Waals surface area contributed by atoms with E-state index in [4.69, 9.17) is 26.8 Å². The Labute approximate surface area is 131 Å². The van der Waals surface area contributed by atoms with Crippen molar-refractivity contribution in [2.75, 3.05) is 26.5 Å². The number of esters is 1. The number of unbranched alkanes of at least 4 members (excludes halogenated alkanes) is 1. The van der Waals surface area contributed by atoms with E-state index in [9.17, 15) is 4.79 Å². The highest BCUT2D eigenvalue weighted by molar-refractivity contribution is 8.11. The lowest BCUT2D eigenvalue weighted by Crippen LogP contribution is -2.07. The molecule has 8 heteroatoms. The van der Waals surface area contributed by atoms with Gasteiger partial charge in [0.1, 0.15) is 5.76 Å². The monoisotopic (exact) mass is 336 g/mol. The van der Waals surface area contributed by atoms with E-state index in [0.717, 1.165) is 12.8 Å². The molecule has 0 saturated carbocycles. The van der Waals surface area contributed by atoms with Crippen molar-refractivity contribution < 1.29 is 18.8 Å². The van der Waals surface area contributed by atoms with Crippen LogP contribution in [0.1, 0.15) is 33.6 Å². The number of hydrogen-bond acceptors (Lipinski definition) is 5.